The van der Waals surface area contributed by atoms with Gasteiger partial charge in [0, 0.05) is 23.4 Å². The fourth-order valence-corrected chi connectivity index (χ4v) is 5.30. The van der Waals surface area contributed by atoms with Crippen molar-refractivity contribution in [1.82, 2.24) is 10.2 Å². The van der Waals surface area contributed by atoms with Crippen LogP contribution >= 0.6 is 11.8 Å². The van der Waals surface area contributed by atoms with Crippen LogP contribution < -0.4 is 14.8 Å². The lowest BCUT2D eigenvalue weighted by Crippen LogP contribution is -2.39. The number of rotatable bonds is 10. The predicted octanol–water partition coefficient (Wildman–Crippen LogP) is 5.28. The number of ether oxygens (including phenoxy) is 3. The number of hydrogen-bond acceptors (Lipinski definition) is 8. The van der Waals surface area contributed by atoms with Crippen molar-refractivity contribution in [3.05, 3.63) is 76.3 Å². The number of esters is 1. The number of hydrogen-bond donors (Lipinski definition) is 1. The van der Waals surface area contributed by atoms with Gasteiger partial charge in [-0.25, -0.2) is 9.79 Å². The Bertz CT molecular complexity index is 1270. The van der Waals surface area contributed by atoms with Gasteiger partial charge < -0.3 is 24.4 Å². The quantitative estimate of drug-likeness (QED) is 0.414. The van der Waals surface area contributed by atoms with Crippen molar-refractivity contribution in [3.8, 4) is 11.5 Å². The molecule has 1 N–H and O–H groups in total. The summed E-state index contributed by atoms with van der Waals surface area (Å²) in [5, 5.41) is 5.64. The van der Waals surface area contributed by atoms with E-state index in [-0.39, 0.29) is 25.0 Å². The molecule has 38 heavy (non-hydrogen) atoms. The molecule has 0 aromatic heterocycles. The molecule has 2 aromatic carbocycles. The molecule has 9 heteroatoms. The number of nitrogens with zero attached hydrogens (tertiary/aromatic N) is 2. The number of methoxy groups -OCH3 is 2. The summed E-state index contributed by atoms with van der Waals surface area (Å²) in [6, 6.07) is 14.5. The number of benzene rings is 2. The maximum Gasteiger partial charge on any atom is 0.338 e. The molecular weight excluding hydrogens is 502 g/mol. The van der Waals surface area contributed by atoms with Crippen LogP contribution in [0.5, 0.6) is 11.5 Å². The van der Waals surface area contributed by atoms with Crippen molar-refractivity contribution in [2.75, 3.05) is 20.8 Å². The molecule has 2 aliphatic heterocycles. The standard InChI is InChI=1S/C29H33N3O5S/c1-6-18(3)30-24(33)15-21-17-38-29-31-26(19-11-9-8-10-12-19)25(28(34)37-7-2)27(32(21)29)20-13-22(35-4)16-23(14-20)36-5/h8-14,16-18,27H,6-7,15H2,1-5H3,(H,30,33)/t18-,27-/m1/s1. The van der Waals surface area contributed by atoms with Crippen LogP contribution in [0.4, 0.5) is 0 Å². The summed E-state index contributed by atoms with van der Waals surface area (Å²) in [6.45, 7) is 5.99. The first-order valence-electron chi connectivity index (χ1n) is 12.6. The first-order valence-corrected chi connectivity index (χ1v) is 13.5. The summed E-state index contributed by atoms with van der Waals surface area (Å²) in [4.78, 5) is 33.4. The second-order valence-corrected chi connectivity index (χ2v) is 9.78. The average Bonchev–Trinajstić information content (AvgIpc) is 3.33. The van der Waals surface area contributed by atoms with Crippen LogP contribution in [0.2, 0.25) is 0 Å². The molecule has 0 radical (unpaired) electrons. The van der Waals surface area contributed by atoms with Crippen LogP contribution in [0.1, 0.15) is 50.8 Å². The van der Waals surface area contributed by atoms with E-state index in [9.17, 15) is 9.59 Å². The van der Waals surface area contributed by atoms with Crippen molar-refractivity contribution in [2.24, 2.45) is 4.99 Å². The number of amidine groups is 1. The number of thioether (sulfide) groups is 1. The van der Waals surface area contributed by atoms with Crippen molar-refractivity contribution in [3.63, 3.8) is 0 Å². The third-order valence-corrected chi connectivity index (χ3v) is 7.29. The monoisotopic (exact) mass is 535 g/mol. The molecule has 0 saturated carbocycles. The fourth-order valence-electron chi connectivity index (χ4n) is 4.38. The van der Waals surface area contributed by atoms with Gasteiger partial charge in [0.25, 0.3) is 0 Å². The van der Waals surface area contributed by atoms with Gasteiger partial charge in [0.15, 0.2) is 5.17 Å². The minimum absolute atomic E-state index is 0.0600. The number of carbonyl (C=O) groups excluding carboxylic acids is 2. The van der Waals surface area contributed by atoms with Gasteiger partial charge in [-0.1, -0.05) is 49.0 Å². The van der Waals surface area contributed by atoms with E-state index in [0.29, 0.717) is 27.9 Å². The molecule has 0 bridgehead atoms. The van der Waals surface area contributed by atoms with E-state index in [4.69, 9.17) is 19.2 Å². The van der Waals surface area contributed by atoms with Crippen LogP contribution in [0.25, 0.3) is 5.70 Å². The number of fused-ring (bicyclic) bond motifs is 1. The summed E-state index contributed by atoms with van der Waals surface area (Å²) in [5.41, 5.74) is 3.21. The van der Waals surface area contributed by atoms with Crippen LogP contribution in [-0.2, 0) is 14.3 Å². The first kappa shape index (κ1) is 27.3. The Morgan fingerprint density at radius 3 is 2.37 bits per heavy atom. The molecule has 2 atom stereocenters. The van der Waals surface area contributed by atoms with E-state index >= 15 is 0 Å². The number of carbonyl (C=O) groups is 2. The minimum atomic E-state index is -0.626. The lowest BCUT2D eigenvalue weighted by molar-refractivity contribution is -0.139. The Hall–Kier alpha value is -3.72. The molecule has 0 saturated heterocycles. The number of nitrogens with one attached hydrogen (secondary N) is 1. The molecule has 0 spiro atoms. The van der Waals surface area contributed by atoms with Crippen molar-refractivity contribution < 1.29 is 23.8 Å². The summed E-state index contributed by atoms with van der Waals surface area (Å²) in [6.07, 6.45) is 0.975. The highest BCUT2D eigenvalue weighted by Gasteiger charge is 2.42. The van der Waals surface area contributed by atoms with E-state index in [0.717, 1.165) is 23.2 Å². The number of aliphatic imine (C=N–C) groups is 1. The second-order valence-electron chi connectivity index (χ2n) is 8.94. The molecule has 2 aromatic rings. The highest BCUT2D eigenvalue weighted by molar-refractivity contribution is 8.16. The Kier molecular flexibility index (Phi) is 8.78. The Morgan fingerprint density at radius 2 is 1.76 bits per heavy atom. The number of amides is 1. The molecule has 0 unspecified atom stereocenters. The minimum Gasteiger partial charge on any atom is -0.497 e. The molecule has 0 fully saturated rings. The molecule has 8 nitrogen and oxygen atoms in total. The summed E-state index contributed by atoms with van der Waals surface area (Å²) in [7, 11) is 3.17. The summed E-state index contributed by atoms with van der Waals surface area (Å²) < 4.78 is 16.7. The summed E-state index contributed by atoms with van der Waals surface area (Å²) in [5.74, 6) is 0.603. The lowest BCUT2D eigenvalue weighted by atomic mass is 9.91. The zero-order valence-corrected chi connectivity index (χ0v) is 23.1. The zero-order valence-electron chi connectivity index (χ0n) is 22.3. The van der Waals surface area contributed by atoms with Crippen LogP contribution in [0.15, 0.2) is 70.2 Å². The van der Waals surface area contributed by atoms with Crippen molar-refractivity contribution in [2.45, 2.75) is 45.7 Å². The van der Waals surface area contributed by atoms with Crippen LogP contribution in [0.3, 0.4) is 0 Å². The van der Waals surface area contributed by atoms with Crippen molar-refractivity contribution in [1.29, 1.82) is 0 Å². The fraction of sp³-hybridized carbons (Fsp3) is 0.345. The topological polar surface area (TPSA) is 89.5 Å². The molecular formula is C29H33N3O5S. The molecule has 4 rings (SSSR count). The highest BCUT2D eigenvalue weighted by Crippen LogP contribution is 2.48. The zero-order chi connectivity index (χ0) is 27.2. The first-order chi connectivity index (χ1) is 18.4. The lowest BCUT2D eigenvalue weighted by Gasteiger charge is -2.37. The van der Waals surface area contributed by atoms with Crippen LogP contribution in [0, 0.1) is 0 Å². The van der Waals surface area contributed by atoms with Gasteiger partial charge >= 0.3 is 5.97 Å². The second kappa shape index (κ2) is 12.2. The van der Waals surface area contributed by atoms with Gasteiger partial charge in [0.2, 0.25) is 5.91 Å². The third kappa shape index (κ3) is 5.72. The van der Waals surface area contributed by atoms with Gasteiger partial charge in [0.1, 0.15) is 11.5 Å². The van der Waals surface area contributed by atoms with Crippen LogP contribution in [-0.4, -0.2) is 48.8 Å². The highest BCUT2D eigenvalue weighted by atomic mass is 32.2. The van der Waals surface area contributed by atoms with E-state index in [1.54, 1.807) is 27.2 Å². The third-order valence-electron chi connectivity index (χ3n) is 6.40. The van der Waals surface area contributed by atoms with Gasteiger partial charge in [-0.05, 0) is 43.4 Å². The Morgan fingerprint density at radius 1 is 1.08 bits per heavy atom. The van der Waals surface area contributed by atoms with E-state index in [2.05, 4.69) is 5.32 Å². The van der Waals surface area contributed by atoms with Crippen molar-refractivity contribution >= 4 is 34.5 Å². The molecule has 200 valence electrons. The molecule has 2 aliphatic rings. The SMILES string of the molecule is CCOC(=O)C1=C(c2ccccc2)N=C2SC=C(CC(=O)N[C@H](C)CC)N2[C@@H]1c1cc(OC)cc(OC)c1. The largest absolute Gasteiger partial charge is 0.497 e. The summed E-state index contributed by atoms with van der Waals surface area (Å²) >= 11 is 1.43. The van der Waals surface area contributed by atoms with Gasteiger partial charge in [-0.2, -0.15) is 0 Å². The van der Waals surface area contributed by atoms with Gasteiger partial charge in [-0.3, -0.25) is 4.79 Å². The van der Waals surface area contributed by atoms with Gasteiger partial charge in [-0.15, -0.1) is 0 Å². The Balaban J connectivity index is 1.90. The smallest absolute Gasteiger partial charge is 0.338 e. The van der Waals surface area contributed by atoms with E-state index in [1.807, 2.05) is 66.6 Å². The maximum absolute atomic E-state index is 13.6. The van der Waals surface area contributed by atoms with E-state index in [1.165, 1.54) is 11.8 Å². The Labute approximate surface area is 227 Å². The molecule has 2 heterocycles. The average molecular weight is 536 g/mol. The normalized spacial score (nSPS) is 17.3. The maximum atomic E-state index is 13.6. The predicted molar refractivity (Wildman–Crippen MR) is 150 cm³/mol. The molecule has 0 aliphatic carbocycles. The van der Waals surface area contributed by atoms with E-state index < -0.39 is 12.0 Å². The molecule has 1 amide bonds. The van der Waals surface area contributed by atoms with Gasteiger partial charge in [0.05, 0.1) is 44.6 Å².